The molecule has 0 spiro atoms. The second-order valence-corrected chi connectivity index (χ2v) is 27.8. The Bertz CT molecular complexity index is 2340. The summed E-state index contributed by atoms with van der Waals surface area (Å²) >= 11 is 0. The van der Waals surface area contributed by atoms with Crippen LogP contribution < -0.4 is 0 Å². The van der Waals surface area contributed by atoms with E-state index in [9.17, 15) is 43.2 Å². The van der Waals surface area contributed by atoms with Crippen LogP contribution in [0, 0.1) is 0 Å². The minimum Gasteiger partial charge on any atom is -0.462 e. The lowest BCUT2D eigenvalue weighted by Crippen LogP contribution is -2.30. The molecule has 0 aliphatic carbocycles. The summed E-state index contributed by atoms with van der Waals surface area (Å²) in [6, 6.07) is 0. The molecule has 0 aromatic rings. The lowest BCUT2D eigenvalue weighted by atomic mass is 10.1. The van der Waals surface area contributed by atoms with Crippen molar-refractivity contribution in [1.82, 2.24) is 0 Å². The van der Waals surface area contributed by atoms with Crippen LogP contribution in [0.3, 0.4) is 0 Å². The number of allylic oxidation sites excluding steroid dienone is 19. The van der Waals surface area contributed by atoms with Gasteiger partial charge in [-0.3, -0.25) is 37.3 Å². The highest BCUT2D eigenvalue weighted by atomic mass is 31.2. The van der Waals surface area contributed by atoms with Crippen molar-refractivity contribution in [2.24, 2.45) is 0 Å². The van der Waals surface area contributed by atoms with E-state index in [-0.39, 0.29) is 25.7 Å². The number of phosphoric ester groups is 2. The van der Waals surface area contributed by atoms with E-state index in [0.717, 1.165) is 161 Å². The van der Waals surface area contributed by atoms with Crippen molar-refractivity contribution >= 4 is 39.5 Å². The second kappa shape index (κ2) is 70.9. The van der Waals surface area contributed by atoms with Crippen LogP contribution in [-0.2, 0) is 65.4 Å². The zero-order valence-corrected chi connectivity index (χ0v) is 63.0. The molecule has 0 saturated carbocycles. The van der Waals surface area contributed by atoms with Crippen LogP contribution in [0.2, 0.25) is 0 Å². The lowest BCUT2D eigenvalue weighted by molar-refractivity contribution is -0.161. The van der Waals surface area contributed by atoms with E-state index in [2.05, 4.69) is 125 Å². The Hall–Kier alpha value is -4.54. The number of unbranched alkanes of at least 4 members (excludes halogenated alkanes) is 25. The molecule has 17 nitrogen and oxygen atoms in total. The highest BCUT2D eigenvalue weighted by Gasteiger charge is 2.30. The Morgan fingerprint density at radius 2 is 0.571 bits per heavy atom. The molecule has 0 rings (SSSR count). The van der Waals surface area contributed by atoms with Crippen molar-refractivity contribution in [2.45, 2.75) is 316 Å². The van der Waals surface area contributed by atoms with E-state index >= 15 is 0 Å². The molecule has 0 saturated heterocycles. The Morgan fingerprint density at radius 3 is 0.929 bits per heavy atom. The number of carbonyl (C=O) groups is 4. The van der Waals surface area contributed by atoms with E-state index in [1.807, 2.05) is 18.2 Å². The van der Waals surface area contributed by atoms with Gasteiger partial charge >= 0.3 is 39.5 Å². The summed E-state index contributed by atoms with van der Waals surface area (Å²) in [6.45, 7) is 4.47. The fourth-order valence-electron chi connectivity index (χ4n) is 9.75. The summed E-state index contributed by atoms with van der Waals surface area (Å²) in [5.74, 6) is -2.34. The lowest BCUT2D eigenvalue weighted by Gasteiger charge is -2.21. The first-order valence-corrected chi connectivity index (χ1v) is 40.8. The zero-order chi connectivity index (χ0) is 71.8. The molecular weight excluding hydrogens is 1280 g/mol. The Balaban J connectivity index is 5.40. The molecule has 0 heterocycles. The summed E-state index contributed by atoms with van der Waals surface area (Å²) in [4.78, 5) is 72.7. The quantitative estimate of drug-likeness (QED) is 0.0169. The van der Waals surface area contributed by atoms with E-state index in [1.54, 1.807) is 6.08 Å². The van der Waals surface area contributed by atoms with Crippen LogP contribution in [0.25, 0.3) is 0 Å². The van der Waals surface area contributed by atoms with Gasteiger partial charge in [0.1, 0.15) is 19.3 Å². The van der Waals surface area contributed by atoms with Crippen molar-refractivity contribution in [3.8, 4) is 0 Å². The Morgan fingerprint density at radius 1 is 0.306 bits per heavy atom. The molecule has 0 radical (unpaired) electrons. The average molecular weight is 1420 g/mol. The van der Waals surface area contributed by atoms with Crippen LogP contribution in [0.4, 0.5) is 0 Å². The normalized spacial score (nSPS) is 14.6. The second-order valence-electron chi connectivity index (χ2n) is 24.8. The summed E-state index contributed by atoms with van der Waals surface area (Å²) in [6.07, 6.45) is 76.5. The summed E-state index contributed by atoms with van der Waals surface area (Å²) in [5.41, 5.74) is 0. The molecule has 0 aliphatic rings. The van der Waals surface area contributed by atoms with Crippen molar-refractivity contribution in [3.05, 3.63) is 122 Å². The minimum atomic E-state index is -4.99. The number of carbonyl (C=O) groups excluding carboxylic acids is 4. The SMILES string of the molecule is CC/C=C\C/C=C\C/C=C\C/C=C\C/C=C\CC(=O)OCC(COP(=O)(O)OCC(O)COP(=O)(O)OCC(COC(=O)CCCCCCCCC/C=C\C/C=C\C/C=C\CC)OC(=O)CCCCCCC/C=C\C/C=C\CCCCC)OC(=O)CCCCCCCCCCCCC. The summed E-state index contributed by atoms with van der Waals surface area (Å²) in [7, 11) is -9.98. The van der Waals surface area contributed by atoms with Gasteiger partial charge in [0.05, 0.1) is 32.8 Å². The van der Waals surface area contributed by atoms with Crippen molar-refractivity contribution in [1.29, 1.82) is 0 Å². The first-order chi connectivity index (χ1) is 47.7. The van der Waals surface area contributed by atoms with Gasteiger partial charge in [0.15, 0.2) is 12.2 Å². The minimum absolute atomic E-state index is 0.0707. The van der Waals surface area contributed by atoms with Crippen LogP contribution in [0.15, 0.2) is 122 Å². The van der Waals surface area contributed by atoms with Gasteiger partial charge in [0.2, 0.25) is 0 Å². The average Bonchev–Trinajstić information content (AvgIpc) is 0.985. The highest BCUT2D eigenvalue weighted by Crippen LogP contribution is 2.45. The van der Waals surface area contributed by atoms with Gasteiger partial charge in [-0.1, -0.05) is 278 Å². The van der Waals surface area contributed by atoms with E-state index in [4.69, 9.17) is 37.0 Å². The van der Waals surface area contributed by atoms with Gasteiger partial charge in [0, 0.05) is 19.3 Å². The summed E-state index contributed by atoms with van der Waals surface area (Å²) in [5, 5.41) is 10.6. The molecule has 0 aromatic carbocycles. The standard InChI is InChI=1S/C79H134O17P2/c1-5-9-13-17-21-25-29-32-35-36-39-41-45-48-52-56-60-64-77(82)90-70-75(96-79(84)66-62-58-54-50-46-42-38-34-31-27-23-19-15-11-7-3)72-94-98(87,88)92-68-73(80)67-91-97(85,86)93-71-74(95-78(83)65-61-57-53-49-43-28-24-20-16-12-8-4)69-89-76(81)63-59-55-51-47-44-40-37-33-30-26-22-18-14-10-6-2/h9-10,13-14,21-23,25-27,32-35,37-38,44,47,55,59,73-75,80H,5-8,11-12,15-20,24,28-31,36,39-43,45-46,48-54,56-58,60-72H2,1-4H3,(H,85,86)(H,87,88)/b13-9-,14-10-,25-21-,26-22-,27-23-,35-32-,37-33-,38-34-,47-44-,59-55-. The molecule has 0 fully saturated rings. The fourth-order valence-corrected chi connectivity index (χ4v) is 11.3. The van der Waals surface area contributed by atoms with Gasteiger partial charge in [-0.05, 0) is 116 Å². The topological polar surface area (TPSA) is 237 Å². The third-order valence-electron chi connectivity index (χ3n) is 15.5. The van der Waals surface area contributed by atoms with Crippen molar-refractivity contribution < 1.29 is 80.2 Å². The van der Waals surface area contributed by atoms with E-state index < -0.39 is 97.5 Å². The van der Waals surface area contributed by atoms with Gasteiger partial charge in [-0.25, -0.2) is 9.13 Å². The maximum Gasteiger partial charge on any atom is 0.472 e. The van der Waals surface area contributed by atoms with Crippen molar-refractivity contribution in [3.63, 3.8) is 0 Å². The predicted octanol–water partition coefficient (Wildman–Crippen LogP) is 21.6. The number of ether oxygens (including phenoxy) is 4. The molecule has 5 unspecified atom stereocenters. The maximum atomic E-state index is 13.1. The van der Waals surface area contributed by atoms with Crippen LogP contribution in [0.5, 0.6) is 0 Å². The largest absolute Gasteiger partial charge is 0.472 e. The van der Waals surface area contributed by atoms with Crippen molar-refractivity contribution in [2.75, 3.05) is 39.6 Å². The molecule has 0 aromatic heterocycles. The Labute approximate surface area is 593 Å². The third-order valence-corrected chi connectivity index (χ3v) is 17.4. The first-order valence-electron chi connectivity index (χ1n) is 37.8. The van der Waals surface area contributed by atoms with Crippen LogP contribution in [-0.4, -0.2) is 96.7 Å². The Kier molecular flexibility index (Phi) is 67.6. The number of phosphoric acid groups is 2. The number of esters is 4. The molecule has 3 N–H and O–H groups in total. The van der Waals surface area contributed by atoms with Gasteiger partial charge in [-0.2, -0.15) is 0 Å². The fraction of sp³-hybridized carbons (Fsp3) is 0.696. The monoisotopic (exact) mass is 1420 g/mol. The number of rotatable bonds is 70. The number of aliphatic hydroxyl groups excluding tert-OH is 1. The van der Waals surface area contributed by atoms with Crippen LogP contribution >= 0.6 is 15.6 Å². The molecule has 0 amide bonds. The van der Waals surface area contributed by atoms with Gasteiger partial charge in [-0.15, -0.1) is 0 Å². The number of hydrogen-bond acceptors (Lipinski definition) is 15. The first kappa shape index (κ1) is 93.5. The predicted molar refractivity (Wildman–Crippen MR) is 399 cm³/mol. The molecular formula is C79H134O17P2. The zero-order valence-electron chi connectivity index (χ0n) is 61.2. The smallest absolute Gasteiger partial charge is 0.462 e. The molecule has 562 valence electrons. The van der Waals surface area contributed by atoms with Gasteiger partial charge in [0.25, 0.3) is 0 Å². The number of hydrogen-bond donors (Lipinski definition) is 3. The van der Waals surface area contributed by atoms with E-state index in [1.165, 1.54) is 57.8 Å². The molecule has 19 heteroatoms. The molecule has 0 aliphatic heterocycles. The molecule has 98 heavy (non-hydrogen) atoms. The summed E-state index contributed by atoms with van der Waals surface area (Å²) < 4.78 is 68.3. The number of aliphatic hydroxyl groups is 1. The van der Waals surface area contributed by atoms with Gasteiger partial charge < -0.3 is 33.8 Å². The van der Waals surface area contributed by atoms with E-state index in [0.29, 0.717) is 25.7 Å². The molecule has 0 bridgehead atoms. The molecule has 5 atom stereocenters. The highest BCUT2D eigenvalue weighted by molar-refractivity contribution is 7.47. The maximum absolute atomic E-state index is 13.1. The van der Waals surface area contributed by atoms with Crippen LogP contribution in [0.1, 0.15) is 297 Å². The third kappa shape index (κ3) is 69.9.